The molecule has 2 aromatic heterocycles. The van der Waals surface area contributed by atoms with E-state index in [1.54, 1.807) is 11.3 Å². The Balaban J connectivity index is 1.88. The van der Waals surface area contributed by atoms with E-state index in [1.165, 1.54) is 0 Å². The first-order chi connectivity index (χ1) is 9.15. The van der Waals surface area contributed by atoms with E-state index in [-0.39, 0.29) is 5.78 Å². The van der Waals surface area contributed by atoms with E-state index >= 15 is 0 Å². The van der Waals surface area contributed by atoms with Crippen LogP contribution in [0.15, 0.2) is 36.0 Å². The summed E-state index contributed by atoms with van der Waals surface area (Å²) >= 11 is 3.81. The van der Waals surface area contributed by atoms with Crippen molar-refractivity contribution in [3.05, 3.63) is 56.4 Å². The Kier molecular flexibility index (Phi) is 3.40. The zero-order valence-corrected chi connectivity index (χ0v) is 13.2. The number of ketones is 1. The van der Waals surface area contributed by atoms with Crippen molar-refractivity contribution in [1.82, 2.24) is 9.38 Å². The SMILES string of the molecule is Cc1cccc(C(=O)Cc2cn3ccsc3n2)c1I. The summed E-state index contributed by atoms with van der Waals surface area (Å²) in [6, 6.07) is 5.83. The highest BCUT2D eigenvalue weighted by Gasteiger charge is 2.14. The number of carbonyl (C=O) groups is 1. The molecule has 0 saturated carbocycles. The van der Waals surface area contributed by atoms with Crippen LogP contribution in [0.3, 0.4) is 0 Å². The summed E-state index contributed by atoms with van der Waals surface area (Å²) in [5.41, 5.74) is 2.75. The summed E-state index contributed by atoms with van der Waals surface area (Å²) in [7, 11) is 0. The summed E-state index contributed by atoms with van der Waals surface area (Å²) in [5, 5.41) is 1.98. The second kappa shape index (κ2) is 5.05. The number of thiazole rings is 1. The van der Waals surface area contributed by atoms with Gasteiger partial charge in [0.05, 0.1) is 12.1 Å². The average Bonchev–Trinajstić information content (AvgIpc) is 2.93. The number of aryl methyl sites for hydroxylation is 1. The lowest BCUT2D eigenvalue weighted by Gasteiger charge is -2.04. The lowest BCUT2D eigenvalue weighted by atomic mass is 10.0. The molecule has 1 aromatic carbocycles. The zero-order chi connectivity index (χ0) is 13.4. The number of fused-ring (bicyclic) bond motifs is 1. The van der Waals surface area contributed by atoms with Gasteiger partial charge in [0.2, 0.25) is 0 Å². The van der Waals surface area contributed by atoms with Crippen molar-refractivity contribution in [2.75, 3.05) is 0 Å². The van der Waals surface area contributed by atoms with E-state index in [9.17, 15) is 4.79 Å². The molecule has 0 aliphatic heterocycles. The molecule has 3 rings (SSSR count). The van der Waals surface area contributed by atoms with E-state index in [1.807, 2.05) is 47.3 Å². The van der Waals surface area contributed by atoms with Gasteiger partial charge < -0.3 is 0 Å². The molecule has 0 radical (unpaired) electrons. The minimum Gasteiger partial charge on any atom is -0.297 e. The molecule has 96 valence electrons. The van der Waals surface area contributed by atoms with Gasteiger partial charge in [0, 0.05) is 26.9 Å². The number of benzene rings is 1. The molecule has 0 amide bonds. The number of imidazole rings is 1. The lowest BCUT2D eigenvalue weighted by molar-refractivity contribution is 0.0991. The molecule has 0 bridgehead atoms. The molecule has 19 heavy (non-hydrogen) atoms. The third kappa shape index (κ3) is 2.44. The summed E-state index contributed by atoms with van der Waals surface area (Å²) in [6.45, 7) is 2.02. The number of rotatable bonds is 3. The van der Waals surface area contributed by atoms with E-state index < -0.39 is 0 Å². The number of aromatic nitrogens is 2. The second-order valence-corrected chi connectivity index (χ2v) is 6.31. The van der Waals surface area contributed by atoms with Crippen LogP contribution in [0, 0.1) is 10.5 Å². The van der Waals surface area contributed by atoms with Crippen molar-refractivity contribution >= 4 is 44.7 Å². The minimum atomic E-state index is 0.124. The number of carbonyl (C=O) groups excluding carboxylic acids is 1. The van der Waals surface area contributed by atoms with Crippen LogP contribution in [0.1, 0.15) is 21.6 Å². The first-order valence-corrected chi connectivity index (χ1v) is 7.80. The molecule has 2 heterocycles. The van der Waals surface area contributed by atoms with Crippen molar-refractivity contribution in [3.8, 4) is 0 Å². The van der Waals surface area contributed by atoms with Crippen LogP contribution in [-0.2, 0) is 6.42 Å². The number of hydrogen-bond acceptors (Lipinski definition) is 3. The largest absolute Gasteiger partial charge is 0.297 e. The molecule has 0 spiro atoms. The van der Waals surface area contributed by atoms with Crippen molar-refractivity contribution in [3.63, 3.8) is 0 Å². The minimum absolute atomic E-state index is 0.124. The monoisotopic (exact) mass is 382 g/mol. The Morgan fingerprint density at radius 2 is 2.32 bits per heavy atom. The summed E-state index contributed by atoms with van der Waals surface area (Å²) < 4.78 is 2.99. The Labute approximate surface area is 128 Å². The summed E-state index contributed by atoms with van der Waals surface area (Å²) in [4.78, 5) is 17.7. The number of Topliss-reactive ketones (excluding diaryl/α,β-unsaturated/α-hetero) is 1. The van der Waals surface area contributed by atoms with Crippen molar-refractivity contribution < 1.29 is 4.79 Å². The quantitative estimate of drug-likeness (QED) is 0.511. The third-order valence-electron chi connectivity index (χ3n) is 2.98. The van der Waals surface area contributed by atoms with Gasteiger partial charge in [-0.3, -0.25) is 9.20 Å². The topological polar surface area (TPSA) is 34.4 Å². The predicted octanol–water partition coefficient (Wildman–Crippen LogP) is 3.73. The molecular formula is C14H11IN2OS. The molecule has 0 N–H and O–H groups in total. The first kappa shape index (κ1) is 12.8. The van der Waals surface area contributed by atoms with Gasteiger partial charge in [0.25, 0.3) is 0 Å². The Morgan fingerprint density at radius 3 is 3.11 bits per heavy atom. The van der Waals surface area contributed by atoms with Crippen LogP contribution in [0.2, 0.25) is 0 Å². The fourth-order valence-electron chi connectivity index (χ4n) is 1.98. The molecule has 3 nitrogen and oxygen atoms in total. The van der Waals surface area contributed by atoms with Gasteiger partial charge in [0.15, 0.2) is 10.7 Å². The number of halogens is 1. The Bertz CT molecular complexity index is 731. The smallest absolute Gasteiger partial charge is 0.193 e. The number of nitrogens with zero attached hydrogens (tertiary/aromatic N) is 2. The molecule has 5 heteroatoms. The number of hydrogen-bond donors (Lipinski definition) is 0. The van der Waals surface area contributed by atoms with Crippen LogP contribution >= 0.6 is 33.9 Å². The summed E-state index contributed by atoms with van der Waals surface area (Å²) in [6.07, 6.45) is 4.23. The van der Waals surface area contributed by atoms with Crippen LogP contribution < -0.4 is 0 Å². The summed E-state index contributed by atoms with van der Waals surface area (Å²) in [5.74, 6) is 0.124. The van der Waals surface area contributed by atoms with Gasteiger partial charge in [-0.05, 0) is 35.1 Å². The molecule has 0 aliphatic rings. The first-order valence-electron chi connectivity index (χ1n) is 5.84. The molecule has 0 atom stereocenters. The van der Waals surface area contributed by atoms with Crippen molar-refractivity contribution in [1.29, 1.82) is 0 Å². The molecule has 0 saturated heterocycles. The average molecular weight is 382 g/mol. The van der Waals surface area contributed by atoms with E-state index in [4.69, 9.17) is 0 Å². The second-order valence-electron chi connectivity index (χ2n) is 4.36. The van der Waals surface area contributed by atoms with Gasteiger partial charge in [-0.2, -0.15) is 0 Å². The third-order valence-corrected chi connectivity index (χ3v) is 5.18. The van der Waals surface area contributed by atoms with Crippen LogP contribution in [0.25, 0.3) is 4.96 Å². The molecular weight excluding hydrogens is 371 g/mol. The van der Waals surface area contributed by atoms with E-state index in [2.05, 4.69) is 27.6 Å². The van der Waals surface area contributed by atoms with Gasteiger partial charge in [-0.1, -0.05) is 18.2 Å². The lowest BCUT2D eigenvalue weighted by Crippen LogP contribution is -2.06. The van der Waals surface area contributed by atoms with Crippen LogP contribution in [0.4, 0.5) is 0 Å². The fourth-order valence-corrected chi connectivity index (χ4v) is 3.36. The maximum atomic E-state index is 12.3. The molecule has 0 aliphatic carbocycles. The zero-order valence-electron chi connectivity index (χ0n) is 10.3. The standard InChI is InChI=1S/C14H11IN2OS/c1-9-3-2-4-11(13(9)15)12(18)7-10-8-17-5-6-19-14(17)16-10/h2-6,8H,7H2,1H3. The van der Waals surface area contributed by atoms with Crippen molar-refractivity contribution in [2.24, 2.45) is 0 Å². The fraction of sp³-hybridized carbons (Fsp3) is 0.143. The maximum absolute atomic E-state index is 12.3. The van der Waals surface area contributed by atoms with Gasteiger partial charge >= 0.3 is 0 Å². The maximum Gasteiger partial charge on any atom is 0.193 e. The highest BCUT2D eigenvalue weighted by atomic mass is 127. The molecule has 3 aromatic rings. The highest BCUT2D eigenvalue weighted by molar-refractivity contribution is 14.1. The van der Waals surface area contributed by atoms with Crippen molar-refractivity contribution in [2.45, 2.75) is 13.3 Å². The molecule has 0 unspecified atom stereocenters. The normalized spacial score (nSPS) is 11.1. The van der Waals surface area contributed by atoms with E-state index in [0.717, 1.165) is 25.4 Å². The Morgan fingerprint density at radius 1 is 1.47 bits per heavy atom. The molecule has 0 fully saturated rings. The predicted molar refractivity (Wildman–Crippen MR) is 85.0 cm³/mol. The Hall–Kier alpha value is -1.21. The van der Waals surface area contributed by atoms with Gasteiger partial charge in [0.1, 0.15) is 0 Å². The highest BCUT2D eigenvalue weighted by Crippen LogP contribution is 2.19. The van der Waals surface area contributed by atoms with Gasteiger partial charge in [-0.25, -0.2) is 4.98 Å². The van der Waals surface area contributed by atoms with Gasteiger partial charge in [-0.15, -0.1) is 11.3 Å². The van der Waals surface area contributed by atoms with Crippen LogP contribution in [-0.4, -0.2) is 15.2 Å². The van der Waals surface area contributed by atoms with E-state index in [0.29, 0.717) is 6.42 Å². The van der Waals surface area contributed by atoms with Crippen LogP contribution in [0.5, 0.6) is 0 Å².